The van der Waals surface area contributed by atoms with Crippen LogP contribution >= 0.6 is 11.8 Å². The van der Waals surface area contributed by atoms with E-state index in [9.17, 15) is 4.79 Å². The van der Waals surface area contributed by atoms with Crippen LogP contribution in [0.1, 0.15) is 60.0 Å². The second-order valence-electron chi connectivity index (χ2n) is 7.86. The summed E-state index contributed by atoms with van der Waals surface area (Å²) >= 11 is 1.77. The van der Waals surface area contributed by atoms with Crippen LogP contribution in [0, 0.1) is 0 Å². The molecule has 0 atom stereocenters. The number of aromatic nitrogens is 1. The van der Waals surface area contributed by atoms with Crippen molar-refractivity contribution in [3.63, 3.8) is 0 Å². The monoisotopic (exact) mass is 395 g/mol. The van der Waals surface area contributed by atoms with Crippen molar-refractivity contribution < 1.29 is 4.79 Å². The molecule has 2 aromatic rings. The van der Waals surface area contributed by atoms with E-state index in [-0.39, 0.29) is 5.91 Å². The Morgan fingerprint density at radius 3 is 2.50 bits per heavy atom. The largest absolute Gasteiger partial charge is 0.348 e. The Morgan fingerprint density at radius 1 is 1.04 bits per heavy atom. The van der Waals surface area contributed by atoms with Crippen LogP contribution < -0.4 is 5.32 Å². The molecular formula is C23H29N3OS. The summed E-state index contributed by atoms with van der Waals surface area (Å²) in [5.74, 6) is -0.0326. The van der Waals surface area contributed by atoms with Crippen molar-refractivity contribution in [1.82, 2.24) is 15.2 Å². The Morgan fingerprint density at radius 2 is 1.75 bits per heavy atom. The highest BCUT2D eigenvalue weighted by molar-refractivity contribution is 7.99. The van der Waals surface area contributed by atoms with Gasteiger partial charge in [0, 0.05) is 24.5 Å². The van der Waals surface area contributed by atoms with Gasteiger partial charge in [-0.25, -0.2) is 4.98 Å². The summed E-state index contributed by atoms with van der Waals surface area (Å²) in [4.78, 5) is 19.7. The number of carbonyl (C=O) groups excluding carboxylic acids is 1. The highest BCUT2D eigenvalue weighted by Crippen LogP contribution is 2.35. The molecule has 2 heterocycles. The van der Waals surface area contributed by atoms with E-state index in [0.717, 1.165) is 17.1 Å². The quantitative estimate of drug-likeness (QED) is 0.742. The van der Waals surface area contributed by atoms with Gasteiger partial charge in [-0.15, -0.1) is 11.8 Å². The van der Waals surface area contributed by atoms with E-state index < -0.39 is 0 Å². The SMILES string of the molecule is O=C(NCc1ccc(CN2CCCC2)cc1)c1cccnc1SC1CCCC1. The Hall–Kier alpha value is -1.85. The van der Waals surface area contributed by atoms with Crippen molar-refractivity contribution in [3.8, 4) is 0 Å². The number of hydrogen-bond donors (Lipinski definition) is 1. The first-order valence-electron chi connectivity index (χ1n) is 10.5. The van der Waals surface area contributed by atoms with Gasteiger partial charge in [0.15, 0.2) is 0 Å². The molecule has 4 nitrogen and oxygen atoms in total. The molecular weight excluding hydrogens is 366 g/mol. The van der Waals surface area contributed by atoms with Gasteiger partial charge in [-0.05, 0) is 62.0 Å². The Kier molecular flexibility index (Phi) is 6.65. The number of amides is 1. The molecule has 1 aliphatic carbocycles. The lowest BCUT2D eigenvalue weighted by molar-refractivity contribution is 0.0947. The lowest BCUT2D eigenvalue weighted by atomic mass is 10.1. The number of rotatable bonds is 7. The molecule has 1 saturated heterocycles. The number of carbonyl (C=O) groups is 1. The summed E-state index contributed by atoms with van der Waals surface area (Å²) in [6, 6.07) is 12.4. The average molecular weight is 396 g/mol. The van der Waals surface area contributed by atoms with Crippen LogP contribution in [0.25, 0.3) is 0 Å². The number of thioether (sulfide) groups is 1. The zero-order chi connectivity index (χ0) is 19.2. The maximum absolute atomic E-state index is 12.7. The molecule has 1 N–H and O–H groups in total. The predicted molar refractivity (Wildman–Crippen MR) is 114 cm³/mol. The van der Waals surface area contributed by atoms with Gasteiger partial charge in [0.1, 0.15) is 5.03 Å². The number of nitrogens with one attached hydrogen (secondary N) is 1. The first kappa shape index (κ1) is 19.5. The van der Waals surface area contributed by atoms with E-state index in [1.54, 1.807) is 18.0 Å². The molecule has 1 aromatic carbocycles. The van der Waals surface area contributed by atoms with Crippen LogP contribution in [0.15, 0.2) is 47.6 Å². The molecule has 1 aromatic heterocycles. The van der Waals surface area contributed by atoms with Crippen molar-refractivity contribution in [3.05, 3.63) is 59.3 Å². The Bertz CT molecular complexity index is 781. The van der Waals surface area contributed by atoms with Crippen LogP contribution in [0.5, 0.6) is 0 Å². The molecule has 0 unspecified atom stereocenters. The third kappa shape index (κ3) is 5.15. The van der Waals surface area contributed by atoms with Gasteiger partial charge in [-0.3, -0.25) is 9.69 Å². The fraction of sp³-hybridized carbons (Fsp3) is 0.478. The summed E-state index contributed by atoms with van der Waals surface area (Å²) in [6.07, 6.45) is 9.46. The molecule has 1 saturated carbocycles. The van der Waals surface area contributed by atoms with E-state index in [0.29, 0.717) is 17.4 Å². The van der Waals surface area contributed by atoms with Crippen molar-refractivity contribution in [2.45, 2.75) is 61.9 Å². The lowest BCUT2D eigenvalue weighted by Gasteiger charge is -2.15. The molecule has 0 radical (unpaired) electrons. The minimum absolute atomic E-state index is 0.0326. The van der Waals surface area contributed by atoms with Crippen LogP contribution in [0.3, 0.4) is 0 Å². The zero-order valence-corrected chi connectivity index (χ0v) is 17.2. The van der Waals surface area contributed by atoms with Gasteiger partial charge < -0.3 is 5.32 Å². The van der Waals surface area contributed by atoms with E-state index in [2.05, 4.69) is 39.5 Å². The summed E-state index contributed by atoms with van der Waals surface area (Å²) in [7, 11) is 0. The molecule has 1 aliphatic heterocycles. The van der Waals surface area contributed by atoms with Gasteiger partial charge in [-0.2, -0.15) is 0 Å². The minimum Gasteiger partial charge on any atom is -0.348 e. The zero-order valence-electron chi connectivity index (χ0n) is 16.4. The van der Waals surface area contributed by atoms with Crippen molar-refractivity contribution in [2.75, 3.05) is 13.1 Å². The van der Waals surface area contributed by atoms with Crippen LogP contribution in [-0.2, 0) is 13.1 Å². The van der Waals surface area contributed by atoms with Crippen molar-refractivity contribution in [1.29, 1.82) is 0 Å². The van der Waals surface area contributed by atoms with Gasteiger partial charge >= 0.3 is 0 Å². The first-order valence-corrected chi connectivity index (χ1v) is 11.4. The summed E-state index contributed by atoms with van der Waals surface area (Å²) < 4.78 is 0. The topological polar surface area (TPSA) is 45.2 Å². The van der Waals surface area contributed by atoms with Gasteiger partial charge in [0.2, 0.25) is 0 Å². The minimum atomic E-state index is -0.0326. The molecule has 0 spiro atoms. The van der Waals surface area contributed by atoms with Gasteiger partial charge in [-0.1, -0.05) is 37.1 Å². The molecule has 148 valence electrons. The molecule has 1 amide bonds. The van der Waals surface area contributed by atoms with Crippen LogP contribution in [-0.4, -0.2) is 34.1 Å². The molecule has 28 heavy (non-hydrogen) atoms. The molecule has 5 heteroatoms. The second-order valence-corrected chi connectivity index (χ2v) is 9.15. The molecule has 0 bridgehead atoms. The summed E-state index contributed by atoms with van der Waals surface area (Å²) in [5, 5.41) is 4.54. The predicted octanol–water partition coefficient (Wildman–Crippen LogP) is 4.64. The lowest BCUT2D eigenvalue weighted by Crippen LogP contribution is -2.24. The van der Waals surface area contributed by atoms with E-state index in [1.807, 2.05) is 12.1 Å². The van der Waals surface area contributed by atoms with Gasteiger partial charge in [0.25, 0.3) is 5.91 Å². The fourth-order valence-corrected chi connectivity index (χ4v) is 5.35. The van der Waals surface area contributed by atoms with Crippen molar-refractivity contribution in [2.24, 2.45) is 0 Å². The third-order valence-corrected chi connectivity index (χ3v) is 7.03. The smallest absolute Gasteiger partial charge is 0.254 e. The highest BCUT2D eigenvalue weighted by atomic mass is 32.2. The fourth-order valence-electron chi connectivity index (χ4n) is 4.06. The summed E-state index contributed by atoms with van der Waals surface area (Å²) in [5.41, 5.74) is 3.18. The maximum Gasteiger partial charge on any atom is 0.254 e. The number of nitrogens with zero attached hydrogens (tertiary/aromatic N) is 2. The Labute approximate surface area is 172 Å². The number of pyridine rings is 1. The Balaban J connectivity index is 1.32. The standard InChI is InChI=1S/C23H29N3OS/c27-22(21-8-5-13-24-23(21)28-20-6-1-2-7-20)25-16-18-9-11-19(12-10-18)17-26-14-3-4-15-26/h5,8-13,20H,1-4,6-7,14-17H2,(H,25,27). The number of likely N-dealkylation sites (tertiary alicyclic amines) is 1. The normalized spacial score (nSPS) is 17.9. The molecule has 2 aliphatic rings. The van der Waals surface area contributed by atoms with E-state index in [4.69, 9.17) is 0 Å². The second kappa shape index (κ2) is 9.57. The number of benzene rings is 1. The van der Waals surface area contributed by atoms with Crippen LogP contribution in [0.2, 0.25) is 0 Å². The molecule has 2 fully saturated rings. The van der Waals surface area contributed by atoms with E-state index >= 15 is 0 Å². The average Bonchev–Trinajstić information content (AvgIpc) is 3.42. The van der Waals surface area contributed by atoms with Gasteiger partial charge in [0.05, 0.1) is 5.56 Å². The number of hydrogen-bond acceptors (Lipinski definition) is 4. The summed E-state index contributed by atoms with van der Waals surface area (Å²) in [6.45, 7) is 4.00. The maximum atomic E-state index is 12.7. The van der Waals surface area contributed by atoms with E-state index in [1.165, 1.54) is 57.2 Å². The highest BCUT2D eigenvalue weighted by Gasteiger charge is 2.20. The van der Waals surface area contributed by atoms with Crippen LogP contribution in [0.4, 0.5) is 0 Å². The first-order chi connectivity index (χ1) is 13.8. The molecule has 4 rings (SSSR count). The van der Waals surface area contributed by atoms with Crippen molar-refractivity contribution >= 4 is 17.7 Å². The third-order valence-electron chi connectivity index (χ3n) is 5.68.